The molecule has 3 rings (SSSR count). The number of benzene rings is 1. The van der Waals surface area contributed by atoms with Gasteiger partial charge in [0.2, 0.25) is 0 Å². The van der Waals surface area contributed by atoms with Gasteiger partial charge < -0.3 is 4.98 Å². The van der Waals surface area contributed by atoms with Crippen molar-refractivity contribution in [3.05, 3.63) is 61.3 Å². The van der Waals surface area contributed by atoms with Gasteiger partial charge in [-0.3, -0.25) is 14.7 Å². The molecule has 110 valence electrons. The molecule has 0 radical (unpaired) electrons. The molecule has 0 unspecified atom stereocenters. The summed E-state index contributed by atoms with van der Waals surface area (Å²) >= 11 is 5.06. The lowest BCUT2D eigenvalue weighted by Gasteiger charge is -2.28. The van der Waals surface area contributed by atoms with Crippen LogP contribution < -0.4 is 5.56 Å². The van der Waals surface area contributed by atoms with Crippen molar-refractivity contribution < 1.29 is 0 Å². The standard InChI is InChI=1S/C16H19N3OS/c1-10-5-11(2)7-12(6-10)8-19-4-3-13-14(9-19)17-16(21)18-15(13)20/h5-7H,3-4,8-9H2,1-2H3,(H2,17,18,20,21). The van der Waals surface area contributed by atoms with E-state index in [0.717, 1.165) is 37.3 Å². The van der Waals surface area contributed by atoms with Crippen LogP contribution in [0.5, 0.6) is 0 Å². The molecule has 0 amide bonds. The van der Waals surface area contributed by atoms with Crippen molar-refractivity contribution in [2.75, 3.05) is 6.54 Å². The Labute approximate surface area is 128 Å². The minimum Gasteiger partial charge on any atom is -0.334 e. The number of nitrogens with zero attached hydrogens (tertiary/aromatic N) is 1. The van der Waals surface area contributed by atoms with Gasteiger partial charge in [0, 0.05) is 30.9 Å². The van der Waals surface area contributed by atoms with Gasteiger partial charge in [0.05, 0.1) is 0 Å². The largest absolute Gasteiger partial charge is 0.334 e. The second-order valence-electron chi connectivity index (χ2n) is 5.82. The van der Waals surface area contributed by atoms with Crippen molar-refractivity contribution in [2.24, 2.45) is 0 Å². The number of hydrogen-bond donors (Lipinski definition) is 2. The van der Waals surface area contributed by atoms with E-state index in [-0.39, 0.29) is 5.56 Å². The normalized spacial score (nSPS) is 15.0. The number of H-pyrrole nitrogens is 2. The number of fused-ring (bicyclic) bond motifs is 1. The van der Waals surface area contributed by atoms with Crippen LogP contribution in [0.4, 0.5) is 0 Å². The van der Waals surface area contributed by atoms with Gasteiger partial charge in [-0.2, -0.15) is 0 Å². The summed E-state index contributed by atoms with van der Waals surface area (Å²) in [7, 11) is 0. The maximum Gasteiger partial charge on any atom is 0.255 e. The molecular formula is C16H19N3OS. The van der Waals surface area contributed by atoms with E-state index in [1.807, 2.05) is 0 Å². The number of rotatable bonds is 2. The second kappa shape index (κ2) is 5.58. The Balaban J connectivity index is 1.83. The zero-order valence-corrected chi connectivity index (χ0v) is 13.1. The van der Waals surface area contributed by atoms with E-state index in [4.69, 9.17) is 12.2 Å². The van der Waals surface area contributed by atoms with Crippen molar-refractivity contribution in [2.45, 2.75) is 33.4 Å². The molecule has 5 heteroatoms. The Bertz CT molecular complexity index is 771. The van der Waals surface area contributed by atoms with E-state index < -0.39 is 0 Å². The van der Waals surface area contributed by atoms with Crippen molar-refractivity contribution in [3.63, 3.8) is 0 Å². The molecule has 0 saturated carbocycles. The van der Waals surface area contributed by atoms with Crippen LogP contribution >= 0.6 is 12.2 Å². The molecule has 0 aliphatic carbocycles. The summed E-state index contributed by atoms with van der Waals surface area (Å²) in [5, 5.41) is 0. The summed E-state index contributed by atoms with van der Waals surface area (Å²) in [5.41, 5.74) is 5.66. The van der Waals surface area contributed by atoms with Gasteiger partial charge in [0.25, 0.3) is 5.56 Å². The lowest BCUT2D eigenvalue weighted by Crippen LogP contribution is -2.34. The third kappa shape index (κ3) is 3.14. The van der Waals surface area contributed by atoms with Crippen molar-refractivity contribution in [1.82, 2.24) is 14.9 Å². The Morgan fingerprint density at radius 3 is 2.62 bits per heavy atom. The van der Waals surface area contributed by atoms with E-state index in [2.05, 4.69) is 46.9 Å². The number of aryl methyl sites for hydroxylation is 2. The number of nitrogens with one attached hydrogen (secondary N) is 2. The third-order valence-corrected chi connectivity index (χ3v) is 4.08. The lowest BCUT2D eigenvalue weighted by atomic mass is 10.0. The lowest BCUT2D eigenvalue weighted by molar-refractivity contribution is 0.240. The van der Waals surface area contributed by atoms with E-state index in [0.29, 0.717) is 4.77 Å². The maximum atomic E-state index is 11.9. The summed E-state index contributed by atoms with van der Waals surface area (Å²) in [6.07, 6.45) is 0.765. The molecule has 0 saturated heterocycles. The summed E-state index contributed by atoms with van der Waals surface area (Å²) in [5.74, 6) is 0. The molecule has 1 aromatic carbocycles. The Morgan fingerprint density at radius 1 is 1.19 bits per heavy atom. The molecule has 0 atom stereocenters. The number of aromatic amines is 2. The van der Waals surface area contributed by atoms with Gasteiger partial charge in [-0.05, 0) is 38.0 Å². The smallest absolute Gasteiger partial charge is 0.255 e. The molecule has 21 heavy (non-hydrogen) atoms. The molecule has 0 fully saturated rings. The highest BCUT2D eigenvalue weighted by Gasteiger charge is 2.19. The van der Waals surface area contributed by atoms with Gasteiger partial charge in [0.15, 0.2) is 4.77 Å². The van der Waals surface area contributed by atoms with Gasteiger partial charge in [-0.25, -0.2) is 0 Å². The van der Waals surface area contributed by atoms with Crippen LogP contribution in [0.3, 0.4) is 0 Å². The first-order valence-corrected chi connectivity index (χ1v) is 7.56. The van der Waals surface area contributed by atoms with Crippen molar-refractivity contribution >= 4 is 12.2 Å². The number of hydrogen-bond acceptors (Lipinski definition) is 3. The van der Waals surface area contributed by atoms with Crippen LogP contribution in [0.25, 0.3) is 0 Å². The molecule has 0 spiro atoms. The fourth-order valence-corrected chi connectivity index (χ4v) is 3.30. The minimum atomic E-state index is -0.0419. The first-order valence-electron chi connectivity index (χ1n) is 7.15. The Kier molecular flexibility index (Phi) is 3.78. The van der Waals surface area contributed by atoms with Gasteiger partial charge in [-0.1, -0.05) is 29.3 Å². The van der Waals surface area contributed by atoms with E-state index in [9.17, 15) is 4.79 Å². The predicted molar refractivity (Wildman–Crippen MR) is 86.0 cm³/mol. The summed E-state index contributed by atoms with van der Waals surface area (Å²) < 4.78 is 0.409. The molecule has 2 N–H and O–H groups in total. The van der Waals surface area contributed by atoms with Crippen LogP contribution in [0.15, 0.2) is 23.0 Å². The molecule has 1 aromatic heterocycles. The molecule has 2 aromatic rings. The predicted octanol–water partition coefficient (Wildman–Crippen LogP) is 2.61. The van der Waals surface area contributed by atoms with Crippen LogP contribution in [-0.2, 0) is 19.5 Å². The first kappa shape index (κ1) is 14.2. The molecule has 1 aliphatic rings. The van der Waals surface area contributed by atoms with Crippen molar-refractivity contribution in [3.8, 4) is 0 Å². The van der Waals surface area contributed by atoms with Gasteiger partial charge in [0.1, 0.15) is 0 Å². The summed E-state index contributed by atoms with van der Waals surface area (Å²) in [6.45, 7) is 6.79. The van der Waals surface area contributed by atoms with Crippen LogP contribution in [0, 0.1) is 18.6 Å². The van der Waals surface area contributed by atoms with Gasteiger partial charge >= 0.3 is 0 Å². The molecular weight excluding hydrogens is 282 g/mol. The Morgan fingerprint density at radius 2 is 1.90 bits per heavy atom. The molecule has 2 heterocycles. The molecule has 0 bridgehead atoms. The first-order chi connectivity index (χ1) is 10.0. The fraction of sp³-hybridized carbons (Fsp3) is 0.375. The number of aromatic nitrogens is 2. The van der Waals surface area contributed by atoms with E-state index >= 15 is 0 Å². The Hall–Kier alpha value is -1.72. The maximum absolute atomic E-state index is 11.9. The highest BCUT2D eigenvalue weighted by molar-refractivity contribution is 7.71. The SMILES string of the molecule is Cc1cc(C)cc(CN2CCc3c([nH]c(=S)[nH]c3=O)C2)c1. The highest BCUT2D eigenvalue weighted by atomic mass is 32.1. The van der Waals surface area contributed by atoms with E-state index in [1.165, 1.54) is 16.7 Å². The quantitative estimate of drug-likeness (QED) is 0.838. The average molecular weight is 301 g/mol. The second-order valence-corrected chi connectivity index (χ2v) is 6.23. The average Bonchev–Trinajstić information content (AvgIpc) is 2.36. The zero-order chi connectivity index (χ0) is 15.0. The van der Waals surface area contributed by atoms with Crippen LogP contribution in [0.1, 0.15) is 27.9 Å². The van der Waals surface area contributed by atoms with Crippen LogP contribution in [-0.4, -0.2) is 21.4 Å². The molecule has 4 nitrogen and oxygen atoms in total. The fourth-order valence-electron chi connectivity index (χ4n) is 3.08. The van der Waals surface area contributed by atoms with Crippen LogP contribution in [0.2, 0.25) is 0 Å². The topological polar surface area (TPSA) is 51.9 Å². The van der Waals surface area contributed by atoms with E-state index in [1.54, 1.807) is 0 Å². The third-order valence-electron chi connectivity index (χ3n) is 3.88. The van der Waals surface area contributed by atoms with Crippen molar-refractivity contribution in [1.29, 1.82) is 0 Å². The minimum absolute atomic E-state index is 0.0419. The summed E-state index contributed by atoms with van der Waals surface area (Å²) in [4.78, 5) is 20.0. The monoisotopic (exact) mass is 301 g/mol. The zero-order valence-electron chi connectivity index (χ0n) is 12.3. The summed E-state index contributed by atoms with van der Waals surface area (Å²) in [6, 6.07) is 6.64. The highest BCUT2D eigenvalue weighted by Crippen LogP contribution is 2.17. The molecule has 1 aliphatic heterocycles. The van der Waals surface area contributed by atoms with Gasteiger partial charge in [-0.15, -0.1) is 0 Å².